The third kappa shape index (κ3) is 1.73. The highest BCUT2D eigenvalue weighted by Gasteiger charge is 2.06. The highest BCUT2D eigenvalue weighted by molar-refractivity contribution is 6.48. The molecule has 0 amide bonds. The van der Waals surface area contributed by atoms with Crippen molar-refractivity contribution in [1.29, 1.82) is 0 Å². The van der Waals surface area contributed by atoms with E-state index in [1.54, 1.807) is 29.1 Å². The lowest BCUT2D eigenvalue weighted by atomic mass is 10.3. The minimum Gasteiger partial charge on any atom is -0.297 e. The minimum atomic E-state index is 0.359. The van der Waals surface area contributed by atoms with E-state index in [4.69, 9.17) is 34.8 Å². The molecule has 0 spiro atoms. The number of hydrogen-bond acceptors (Lipinski definition) is 1. The summed E-state index contributed by atoms with van der Waals surface area (Å²) in [4.78, 5) is 3.80. The van der Waals surface area contributed by atoms with Crippen molar-refractivity contribution in [2.24, 2.45) is 0 Å². The number of rotatable bonds is 1. The van der Waals surface area contributed by atoms with Gasteiger partial charge in [-0.3, -0.25) is 4.57 Å². The van der Waals surface area contributed by atoms with Crippen LogP contribution in [0.2, 0.25) is 15.1 Å². The first-order chi connectivity index (χ1) is 6.68. The van der Waals surface area contributed by atoms with Gasteiger partial charge in [-0.25, -0.2) is 4.98 Å². The maximum absolute atomic E-state index is 5.87. The summed E-state index contributed by atoms with van der Waals surface area (Å²) in [7, 11) is 0. The first-order valence-electron chi connectivity index (χ1n) is 3.74. The fourth-order valence-electron chi connectivity index (χ4n) is 1.05. The van der Waals surface area contributed by atoms with Crippen molar-refractivity contribution in [3.8, 4) is 5.69 Å². The number of nitrogens with zero attached hydrogens (tertiary/aromatic N) is 2. The van der Waals surface area contributed by atoms with E-state index in [1.807, 2.05) is 0 Å². The normalized spacial score (nSPS) is 10.5. The fourth-order valence-corrected chi connectivity index (χ4v) is 1.64. The van der Waals surface area contributed by atoms with Crippen molar-refractivity contribution in [2.45, 2.75) is 0 Å². The molecule has 0 unspecified atom stereocenters. The van der Waals surface area contributed by atoms with E-state index in [1.165, 1.54) is 0 Å². The molecule has 0 aliphatic heterocycles. The van der Waals surface area contributed by atoms with Crippen LogP contribution in [-0.4, -0.2) is 9.55 Å². The van der Waals surface area contributed by atoms with E-state index in [9.17, 15) is 0 Å². The van der Waals surface area contributed by atoms with E-state index in [-0.39, 0.29) is 0 Å². The smallest absolute Gasteiger partial charge is 0.181 e. The molecule has 2 rings (SSSR count). The first kappa shape index (κ1) is 9.84. The molecule has 0 aliphatic carbocycles. The zero-order chi connectivity index (χ0) is 10.1. The van der Waals surface area contributed by atoms with Gasteiger partial charge in [0, 0.05) is 12.4 Å². The highest BCUT2D eigenvalue weighted by atomic mass is 35.5. The lowest BCUT2D eigenvalue weighted by Crippen LogP contribution is -1.90. The molecule has 1 aromatic heterocycles. The molecule has 0 bridgehead atoms. The number of hydrogen-bond donors (Lipinski definition) is 0. The van der Waals surface area contributed by atoms with E-state index in [0.29, 0.717) is 15.1 Å². The van der Waals surface area contributed by atoms with E-state index in [2.05, 4.69) is 11.3 Å². The molecule has 2 nitrogen and oxygen atoms in total. The average molecular weight is 247 g/mol. The van der Waals surface area contributed by atoms with Gasteiger partial charge in [0.25, 0.3) is 0 Å². The molecule has 1 heterocycles. The van der Waals surface area contributed by atoms with Gasteiger partial charge in [0.15, 0.2) is 6.33 Å². The molecular weight excluding hydrogens is 242 g/mol. The van der Waals surface area contributed by atoms with Crippen LogP contribution in [0.25, 0.3) is 5.69 Å². The number of benzene rings is 1. The van der Waals surface area contributed by atoms with Gasteiger partial charge in [0.1, 0.15) is 0 Å². The van der Waals surface area contributed by atoms with Gasteiger partial charge in [0.05, 0.1) is 20.8 Å². The summed E-state index contributed by atoms with van der Waals surface area (Å²) in [5.41, 5.74) is 0.780. The number of aromatic nitrogens is 2. The van der Waals surface area contributed by atoms with Crippen LogP contribution in [0.4, 0.5) is 0 Å². The zero-order valence-electron chi connectivity index (χ0n) is 6.84. The minimum absolute atomic E-state index is 0.359. The standard InChI is InChI=1S/C9H4Cl3N2/c10-7-3-6(4-8(11)9(7)12)14-2-1-13-5-14/h1-4H. The van der Waals surface area contributed by atoms with Crippen LogP contribution in [0.1, 0.15) is 0 Å². The van der Waals surface area contributed by atoms with E-state index in [0.717, 1.165) is 5.69 Å². The first-order valence-corrected chi connectivity index (χ1v) is 4.88. The molecule has 1 aromatic carbocycles. The van der Waals surface area contributed by atoms with Crippen molar-refractivity contribution < 1.29 is 0 Å². The van der Waals surface area contributed by atoms with Crippen molar-refractivity contribution in [3.05, 3.63) is 45.9 Å². The predicted molar refractivity (Wildman–Crippen MR) is 57.4 cm³/mol. The van der Waals surface area contributed by atoms with Crippen LogP contribution < -0.4 is 0 Å². The van der Waals surface area contributed by atoms with Gasteiger partial charge in [-0.2, -0.15) is 0 Å². The maximum atomic E-state index is 5.87. The molecule has 5 heteroatoms. The molecule has 0 aliphatic rings. The maximum Gasteiger partial charge on any atom is 0.181 e. The van der Waals surface area contributed by atoms with Crippen molar-refractivity contribution in [3.63, 3.8) is 0 Å². The zero-order valence-corrected chi connectivity index (χ0v) is 9.11. The summed E-state index contributed by atoms with van der Waals surface area (Å²) in [5.74, 6) is 0. The van der Waals surface area contributed by atoms with Crippen molar-refractivity contribution in [1.82, 2.24) is 9.55 Å². The summed E-state index contributed by atoms with van der Waals surface area (Å²) >= 11 is 17.6. The summed E-state index contributed by atoms with van der Waals surface area (Å²) < 4.78 is 1.67. The van der Waals surface area contributed by atoms with E-state index >= 15 is 0 Å². The summed E-state index contributed by atoms with van der Waals surface area (Å²) in [5, 5.41) is 1.18. The Bertz CT molecular complexity index is 428. The summed E-state index contributed by atoms with van der Waals surface area (Å²) in [6, 6.07) is 3.40. The number of halogens is 3. The lowest BCUT2D eigenvalue weighted by Gasteiger charge is -2.04. The Morgan fingerprint density at radius 2 is 1.79 bits per heavy atom. The fraction of sp³-hybridized carbons (Fsp3) is 0. The van der Waals surface area contributed by atoms with Crippen LogP contribution in [0.3, 0.4) is 0 Å². The molecule has 2 aromatic rings. The third-order valence-corrected chi connectivity index (χ3v) is 2.90. The third-order valence-electron chi connectivity index (χ3n) is 1.70. The van der Waals surface area contributed by atoms with Gasteiger partial charge >= 0.3 is 0 Å². The van der Waals surface area contributed by atoms with Crippen LogP contribution >= 0.6 is 34.8 Å². The van der Waals surface area contributed by atoms with Gasteiger partial charge in [-0.1, -0.05) is 34.8 Å². The van der Waals surface area contributed by atoms with Crippen LogP contribution in [0.5, 0.6) is 0 Å². The van der Waals surface area contributed by atoms with Gasteiger partial charge in [-0.05, 0) is 12.1 Å². The molecular formula is C9H4Cl3N2. The second kappa shape index (κ2) is 3.81. The molecule has 0 fully saturated rings. The molecule has 0 N–H and O–H groups in total. The average Bonchev–Trinajstić information content (AvgIpc) is 2.66. The van der Waals surface area contributed by atoms with Crippen LogP contribution in [0.15, 0.2) is 24.5 Å². The Hall–Kier alpha value is -0.700. The summed E-state index contributed by atoms with van der Waals surface area (Å²) in [6.07, 6.45) is 6.10. The highest BCUT2D eigenvalue weighted by Crippen LogP contribution is 2.32. The SMILES string of the molecule is Clc1cc(-n2[c]ncc2)cc(Cl)c1Cl. The Kier molecular flexibility index (Phi) is 2.68. The van der Waals surface area contributed by atoms with E-state index < -0.39 is 0 Å². The molecule has 14 heavy (non-hydrogen) atoms. The van der Waals surface area contributed by atoms with Gasteiger partial charge < -0.3 is 0 Å². The van der Waals surface area contributed by atoms with Crippen LogP contribution in [-0.2, 0) is 0 Å². The molecule has 0 saturated carbocycles. The number of imidazole rings is 1. The Labute approximate surface area is 96.0 Å². The largest absolute Gasteiger partial charge is 0.297 e. The molecule has 71 valence electrons. The van der Waals surface area contributed by atoms with Crippen molar-refractivity contribution >= 4 is 34.8 Å². The monoisotopic (exact) mass is 245 g/mol. The van der Waals surface area contributed by atoms with Gasteiger partial charge in [-0.15, -0.1) is 0 Å². The Balaban J connectivity index is 2.57. The second-order valence-electron chi connectivity index (χ2n) is 2.62. The topological polar surface area (TPSA) is 17.8 Å². The molecule has 1 radical (unpaired) electrons. The molecule has 0 atom stereocenters. The Morgan fingerprint density at radius 3 is 2.29 bits per heavy atom. The second-order valence-corrected chi connectivity index (χ2v) is 3.81. The quantitative estimate of drug-likeness (QED) is 0.703. The molecule has 0 saturated heterocycles. The predicted octanol–water partition coefficient (Wildman–Crippen LogP) is 3.63. The van der Waals surface area contributed by atoms with Crippen molar-refractivity contribution in [2.75, 3.05) is 0 Å². The van der Waals surface area contributed by atoms with Crippen LogP contribution in [0, 0.1) is 6.33 Å². The summed E-state index contributed by atoms with van der Waals surface area (Å²) in [6.45, 7) is 0. The Morgan fingerprint density at radius 1 is 1.14 bits per heavy atom. The van der Waals surface area contributed by atoms with Gasteiger partial charge in [0.2, 0.25) is 0 Å². The lowest BCUT2D eigenvalue weighted by molar-refractivity contribution is 1.04.